The normalized spacial score (nSPS) is 16.4. The maximum absolute atomic E-state index is 13.3. The molecule has 0 N–H and O–H groups in total. The first kappa shape index (κ1) is 22.4. The van der Waals surface area contributed by atoms with Gasteiger partial charge >= 0.3 is 0 Å². The number of nitrogens with zero attached hydrogens (tertiary/aromatic N) is 6. The van der Waals surface area contributed by atoms with Gasteiger partial charge in [0.25, 0.3) is 5.91 Å². The highest BCUT2D eigenvalue weighted by atomic mass is 35.5. The van der Waals surface area contributed by atoms with Crippen LogP contribution < -0.4 is 9.64 Å². The fourth-order valence-electron chi connectivity index (χ4n) is 4.50. The Morgan fingerprint density at radius 3 is 2.74 bits per heavy atom. The summed E-state index contributed by atoms with van der Waals surface area (Å²) in [4.78, 5) is 22.3. The summed E-state index contributed by atoms with van der Waals surface area (Å²) < 4.78 is 12.7. The summed E-state index contributed by atoms with van der Waals surface area (Å²) in [5.74, 6) is 1.90. The third-order valence-corrected chi connectivity index (χ3v) is 6.37. The number of rotatable bonds is 5. The van der Waals surface area contributed by atoms with Gasteiger partial charge in [0.2, 0.25) is 5.95 Å². The fourth-order valence-corrected chi connectivity index (χ4v) is 4.66. The van der Waals surface area contributed by atoms with E-state index in [0.29, 0.717) is 60.0 Å². The van der Waals surface area contributed by atoms with Crippen molar-refractivity contribution in [3.8, 4) is 5.75 Å². The van der Waals surface area contributed by atoms with Crippen LogP contribution in [0.4, 0.5) is 5.95 Å². The highest BCUT2D eigenvalue weighted by Gasteiger charge is 2.31. The summed E-state index contributed by atoms with van der Waals surface area (Å²) in [5, 5.41) is 10.2. The molecule has 2 aromatic heterocycles. The van der Waals surface area contributed by atoms with Gasteiger partial charge in [0.05, 0.1) is 18.2 Å². The Kier molecular flexibility index (Phi) is 5.97. The van der Waals surface area contributed by atoms with Crippen LogP contribution in [0.5, 0.6) is 5.75 Å². The Morgan fingerprint density at radius 2 is 1.97 bits per heavy atom. The van der Waals surface area contributed by atoms with Gasteiger partial charge in [-0.1, -0.05) is 23.7 Å². The van der Waals surface area contributed by atoms with Crippen molar-refractivity contribution in [1.82, 2.24) is 24.5 Å². The molecule has 5 rings (SSSR count). The number of benzene rings is 2. The SMILES string of the molecule is COCc1nnc2c3ccc(Cl)cc3nc(N3CCN(C(=O)c4ccccc4OC)[C@@H](C)C3)n12. The van der Waals surface area contributed by atoms with E-state index in [1.165, 1.54) is 0 Å². The van der Waals surface area contributed by atoms with E-state index in [1.54, 1.807) is 26.4 Å². The molecular formula is C24H25ClN6O3. The van der Waals surface area contributed by atoms with Gasteiger partial charge in [-0.3, -0.25) is 4.79 Å². The van der Waals surface area contributed by atoms with Crippen LogP contribution in [-0.4, -0.2) is 70.3 Å². The Labute approximate surface area is 201 Å². The van der Waals surface area contributed by atoms with Crippen molar-refractivity contribution in [3.05, 3.63) is 58.9 Å². The van der Waals surface area contributed by atoms with Crippen LogP contribution in [0.25, 0.3) is 16.6 Å². The number of methoxy groups -OCH3 is 2. The molecule has 0 radical (unpaired) electrons. The lowest BCUT2D eigenvalue weighted by Gasteiger charge is -2.40. The Balaban J connectivity index is 1.51. The van der Waals surface area contributed by atoms with Crippen molar-refractivity contribution < 1.29 is 14.3 Å². The molecule has 1 amide bonds. The number of carbonyl (C=O) groups is 1. The smallest absolute Gasteiger partial charge is 0.257 e. The van der Waals surface area contributed by atoms with E-state index in [2.05, 4.69) is 15.1 Å². The molecule has 10 heteroatoms. The first-order chi connectivity index (χ1) is 16.5. The number of halogens is 1. The number of fused-ring (bicyclic) bond motifs is 3. The third kappa shape index (κ3) is 3.80. The van der Waals surface area contributed by atoms with E-state index < -0.39 is 0 Å². The molecule has 1 aliphatic heterocycles. The van der Waals surface area contributed by atoms with Crippen molar-refractivity contribution in [1.29, 1.82) is 0 Å². The van der Waals surface area contributed by atoms with Gasteiger partial charge in [-0.05, 0) is 37.3 Å². The molecule has 176 valence electrons. The average molecular weight is 481 g/mol. The largest absolute Gasteiger partial charge is 0.496 e. The molecular weight excluding hydrogens is 456 g/mol. The summed E-state index contributed by atoms with van der Waals surface area (Å²) in [6, 6.07) is 12.8. The molecule has 0 spiro atoms. The predicted octanol–water partition coefficient (Wildman–Crippen LogP) is 3.44. The van der Waals surface area contributed by atoms with Gasteiger partial charge in [0.1, 0.15) is 12.4 Å². The van der Waals surface area contributed by atoms with Crippen molar-refractivity contribution in [2.75, 3.05) is 38.8 Å². The molecule has 0 aliphatic carbocycles. The fraction of sp³-hybridized carbons (Fsp3) is 0.333. The quantitative estimate of drug-likeness (QED) is 0.432. The molecule has 34 heavy (non-hydrogen) atoms. The monoisotopic (exact) mass is 480 g/mol. The first-order valence-electron chi connectivity index (χ1n) is 11.0. The number of anilines is 1. The van der Waals surface area contributed by atoms with Crippen LogP contribution >= 0.6 is 11.6 Å². The first-order valence-corrected chi connectivity index (χ1v) is 11.4. The number of piperazine rings is 1. The second-order valence-corrected chi connectivity index (χ2v) is 8.71. The van der Waals surface area contributed by atoms with Crippen LogP contribution in [-0.2, 0) is 11.3 Å². The molecule has 1 aliphatic rings. The van der Waals surface area contributed by atoms with Crippen molar-refractivity contribution >= 4 is 40.0 Å². The Morgan fingerprint density at radius 1 is 1.15 bits per heavy atom. The summed E-state index contributed by atoms with van der Waals surface area (Å²) in [5.41, 5.74) is 2.00. The van der Waals surface area contributed by atoms with Gasteiger partial charge in [-0.2, -0.15) is 0 Å². The molecule has 1 atom stereocenters. The van der Waals surface area contributed by atoms with Crippen LogP contribution in [0.1, 0.15) is 23.1 Å². The minimum absolute atomic E-state index is 0.0441. The summed E-state index contributed by atoms with van der Waals surface area (Å²) in [6.45, 7) is 4.08. The zero-order chi connectivity index (χ0) is 23.8. The molecule has 2 aromatic carbocycles. The number of hydrogen-bond acceptors (Lipinski definition) is 7. The average Bonchev–Trinajstić information content (AvgIpc) is 3.27. The van der Waals surface area contributed by atoms with E-state index in [9.17, 15) is 4.79 Å². The zero-order valence-electron chi connectivity index (χ0n) is 19.2. The maximum atomic E-state index is 13.3. The predicted molar refractivity (Wildman–Crippen MR) is 130 cm³/mol. The van der Waals surface area contributed by atoms with Gasteiger partial charge in [-0.25, -0.2) is 9.38 Å². The van der Waals surface area contributed by atoms with Crippen LogP contribution in [0.2, 0.25) is 5.02 Å². The van der Waals surface area contributed by atoms with E-state index in [1.807, 2.05) is 46.6 Å². The molecule has 1 fully saturated rings. The number of aromatic nitrogens is 4. The number of ether oxygens (including phenoxy) is 2. The van der Waals surface area contributed by atoms with Crippen LogP contribution in [0.15, 0.2) is 42.5 Å². The topological polar surface area (TPSA) is 85.1 Å². The van der Waals surface area contributed by atoms with Gasteiger partial charge in [0.15, 0.2) is 11.5 Å². The van der Waals surface area contributed by atoms with Gasteiger partial charge in [0, 0.05) is 43.2 Å². The van der Waals surface area contributed by atoms with Crippen LogP contribution in [0.3, 0.4) is 0 Å². The number of hydrogen-bond donors (Lipinski definition) is 0. The molecule has 0 unspecified atom stereocenters. The van der Waals surface area contributed by atoms with Gasteiger partial charge < -0.3 is 19.3 Å². The summed E-state index contributed by atoms with van der Waals surface area (Å²) in [7, 11) is 3.20. The lowest BCUT2D eigenvalue weighted by molar-refractivity contribution is 0.0669. The van der Waals surface area contributed by atoms with E-state index in [4.69, 9.17) is 26.1 Å². The minimum atomic E-state index is -0.0552. The highest BCUT2D eigenvalue weighted by Crippen LogP contribution is 2.29. The lowest BCUT2D eigenvalue weighted by Crippen LogP contribution is -2.54. The van der Waals surface area contributed by atoms with Crippen molar-refractivity contribution in [3.63, 3.8) is 0 Å². The number of amides is 1. The zero-order valence-corrected chi connectivity index (χ0v) is 20.0. The third-order valence-electron chi connectivity index (χ3n) is 6.13. The molecule has 0 bridgehead atoms. The molecule has 4 aromatic rings. The minimum Gasteiger partial charge on any atom is -0.496 e. The van der Waals surface area contributed by atoms with E-state index >= 15 is 0 Å². The highest BCUT2D eigenvalue weighted by molar-refractivity contribution is 6.31. The second-order valence-electron chi connectivity index (χ2n) is 8.28. The Bertz CT molecular complexity index is 1370. The van der Waals surface area contributed by atoms with E-state index in [0.717, 1.165) is 10.9 Å². The van der Waals surface area contributed by atoms with Crippen LogP contribution in [0, 0.1) is 0 Å². The Hall–Kier alpha value is -3.43. The van der Waals surface area contributed by atoms with Crippen molar-refractivity contribution in [2.45, 2.75) is 19.6 Å². The number of carbonyl (C=O) groups excluding carboxylic acids is 1. The number of para-hydroxylation sites is 1. The van der Waals surface area contributed by atoms with Crippen molar-refractivity contribution in [2.24, 2.45) is 0 Å². The van der Waals surface area contributed by atoms with E-state index in [-0.39, 0.29) is 11.9 Å². The molecule has 1 saturated heterocycles. The van der Waals surface area contributed by atoms with Gasteiger partial charge in [-0.15, -0.1) is 10.2 Å². The second kappa shape index (κ2) is 9.08. The standard InChI is InChI=1S/C24H25ClN6O3/c1-15-13-29(10-11-30(15)23(32)18-6-4-5-7-20(18)34-3)24-26-19-12-16(25)8-9-17(19)22-28-27-21(14-33-2)31(22)24/h4-9,12,15H,10-11,13-14H2,1-3H3/t15-/m0/s1. The summed E-state index contributed by atoms with van der Waals surface area (Å²) >= 11 is 6.25. The lowest BCUT2D eigenvalue weighted by atomic mass is 10.1. The summed E-state index contributed by atoms with van der Waals surface area (Å²) in [6.07, 6.45) is 0. The molecule has 9 nitrogen and oxygen atoms in total. The molecule has 0 saturated carbocycles. The maximum Gasteiger partial charge on any atom is 0.257 e. The molecule has 3 heterocycles.